The van der Waals surface area contributed by atoms with Gasteiger partial charge in [0, 0.05) is 16.6 Å². The standard InChI is InChI=1S/C13H18O3S/c1-2-3-9-12(13(14)15)17(16)10-11-7-5-4-6-8-11/h4-8,12H,2-3,9-10H2,1H3,(H,14,15). The van der Waals surface area contributed by atoms with Crippen LogP contribution >= 0.6 is 0 Å². The summed E-state index contributed by atoms with van der Waals surface area (Å²) in [5.41, 5.74) is 0.925. The van der Waals surface area contributed by atoms with Crippen LogP contribution in [0.4, 0.5) is 0 Å². The molecular formula is C13H18O3S. The monoisotopic (exact) mass is 254 g/mol. The molecule has 2 atom stereocenters. The maximum Gasteiger partial charge on any atom is 0.319 e. The highest BCUT2D eigenvalue weighted by molar-refractivity contribution is 7.85. The Morgan fingerprint density at radius 2 is 2.00 bits per heavy atom. The minimum Gasteiger partial charge on any atom is -0.480 e. The van der Waals surface area contributed by atoms with E-state index in [4.69, 9.17) is 5.11 Å². The average molecular weight is 254 g/mol. The zero-order chi connectivity index (χ0) is 12.7. The molecule has 0 spiro atoms. The third kappa shape index (κ3) is 4.69. The van der Waals surface area contributed by atoms with Crippen LogP contribution < -0.4 is 0 Å². The Morgan fingerprint density at radius 1 is 1.35 bits per heavy atom. The fraction of sp³-hybridized carbons (Fsp3) is 0.462. The van der Waals surface area contributed by atoms with Crippen molar-refractivity contribution in [2.24, 2.45) is 0 Å². The van der Waals surface area contributed by atoms with Gasteiger partial charge in [0.2, 0.25) is 0 Å². The summed E-state index contributed by atoms with van der Waals surface area (Å²) in [5, 5.41) is 8.31. The van der Waals surface area contributed by atoms with Gasteiger partial charge in [0.25, 0.3) is 0 Å². The number of carboxylic acids is 1. The Labute approximate surface area is 104 Å². The summed E-state index contributed by atoms with van der Waals surface area (Å²) in [6, 6.07) is 9.37. The molecule has 0 aliphatic heterocycles. The van der Waals surface area contributed by atoms with Crippen molar-refractivity contribution in [2.75, 3.05) is 0 Å². The number of unbranched alkanes of at least 4 members (excludes halogenated alkanes) is 1. The lowest BCUT2D eigenvalue weighted by molar-refractivity contribution is -0.136. The first-order chi connectivity index (χ1) is 8.15. The van der Waals surface area contributed by atoms with Crippen LogP contribution in [0.25, 0.3) is 0 Å². The number of carboxylic acid groups (broad SMARTS) is 1. The van der Waals surface area contributed by atoms with Gasteiger partial charge in [0.05, 0.1) is 0 Å². The molecule has 0 heterocycles. The second kappa shape index (κ2) is 7.22. The third-order valence-corrected chi connectivity index (χ3v) is 4.25. The largest absolute Gasteiger partial charge is 0.480 e. The molecule has 0 aliphatic carbocycles. The van der Waals surface area contributed by atoms with E-state index in [1.807, 2.05) is 37.3 Å². The Kier molecular flexibility index (Phi) is 5.91. The minimum absolute atomic E-state index is 0.321. The highest BCUT2D eigenvalue weighted by atomic mass is 32.2. The SMILES string of the molecule is CCCCC(C(=O)O)S(=O)Cc1ccccc1. The Balaban J connectivity index is 2.62. The molecule has 0 saturated carbocycles. The van der Waals surface area contributed by atoms with E-state index in [1.165, 1.54) is 0 Å². The van der Waals surface area contributed by atoms with Crippen LogP contribution in [0.2, 0.25) is 0 Å². The third-order valence-electron chi connectivity index (χ3n) is 2.56. The molecule has 0 radical (unpaired) electrons. The van der Waals surface area contributed by atoms with Crippen LogP contribution in [0.1, 0.15) is 31.7 Å². The van der Waals surface area contributed by atoms with Crippen LogP contribution in [0.15, 0.2) is 30.3 Å². The van der Waals surface area contributed by atoms with Crippen LogP contribution in [0.5, 0.6) is 0 Å². The second-order valence-corrected chi connectivity index (χ2v) is 5.60. The molecule has 4 heteroatoms. The van der Waals surface area contributed by atoms with Gasteiger partial charge in [-0.1, -0.05) is 50.1 Å². The summed E-state index contributed by atoms with van der Waals surface area (Å²) < 4.78 is 12.0. The minimum atomic E-state index is -1.34. The lowest BCUT2D eigenvalue weighted by Gasteiger charge is -2.11. The summed E-state index contributed by atoms with van der Waals surface area (Å²) in [4.78, 5) is 11.0. The number of carbonyl (C=O) groups is 1. The van der Waals surface area contributed by atoms with Gasteiger partial charge < -0.3 is 5.11 Å². The zero-order valence-corrected chi connectivity index (χ0v) is 10.8. The van der Waals surface area contributed by atoms with Crippen molar-refractivity contribution in [3.05, 3.63) is 35.9 Å². The molecule has 0 bridgehead atoms. The molecule has 1 aromatic carbocycles. The first-order valence-electron chi connectivity index (χ1n) is 5.79. The maximum absolute atomic E-state index is 12.0. The molecule has 3 nitrogen and oxygen atoms in total. The molecule has 0 saturated heterocycles. The van der Waals surface area contributed by atoms with E-state index >= 15 is 0 Å². The number of hydrogen-bond acceptors (Lipinski definition) is 2. The van der Waals surface area contributed by atoms with Crippen molar-refractivity contribution in [1.29, 1.82) is 0 Å². The molecule has 0 fully saturated rings. The van der Waals surface area contributed by atoms with Crippen LogP contribution in [-0.2, 0) is 21.3 Å². The van der Waals surface area contributed by atoms with E-state index in [0.29, 0.717) is 12.2 Å². The topological polar surface area (TPSA) is 54.4 Å². The number of hydrogen-bond donors (Lipinski definition) is 1. The molecule has 2 unspecified atom stereocenters. The van der Waals surface area contributed by atoms with E-state index in [1.54, 1.807) is 0 Å². The molecule has 1 N–H and O–H groups in total. The Hall–Kier alpha value is -1.16. The lowest BCUT2D eigenvalue weighted by Crippen LogP contribution is -2.26. The van der Waals surface area contributed by atoms with Gasteiger partial charge in [0.15, 0.2) is 0 Å². The van der Waals surface area contributed by atoms with Crippen molar-refractivity contribution < 1.29 is 14.1 Å². The van der Waals surface area contributed by atoms with Crippen molar-refractivity contribution in [2.45, 2.75) is 37.2 Å². The van der Waals surface area contributed by atoms with Gasteiger partial charge in [0.1, 0.15) is 5.25 Å². The summed E-state index contributed by atoms with van der Waals surface area (Å²) in [5.74, 6) is -0.630. The van der Waals surface area contributed by atoms with Crippen LogP contribution in [0, 0.1) is 0 Å². The highest BCUT2D eigenvalue weighted by Gasteiger charge is 2.23. The molecule has 0 aromatic heterocycles. The lowest BCUT2D eigenvalue weighted by atomic mass is 10.2. The molecule has 1 rings (SSSR count). The van der Waals surface area contributed by atoms with Crippen molar-refractivity contribution in [3.63, 3.8) is 0 Å². The summed E-state index contributed by atoms with van der Waals surface area (Å²) in [6.07, 6.45) is 2.22. The predicted octanol–water partition coefficient (Wildman–Crippen LogP) is 2.58. The van der Waals surface area contributed by atoms with E-state index in [-0.39, 0.29) is 0 Å². The number of benzene rings is 1. The smallest absolute Gasteiger partial charge is 0.319 e. The molecule has 94 valence electrons. The molecule has 0 aliphatic rings. The Morgan fingerprint density at radius 3 is 2.53 bits per heavy atom. The second-order valence-electron chi connectivity index (χ2n) is 3.98. The maximum atomic E-state index is 12.0. The van der Waals surface area contributed by atoms with Crippen molar-refractivity contribution >= 4 is 16.8 Å². The first-order valence-corrected chi connectivity index (χ1v) is 7.17. The highest BCUT2D eigenvalue weighted by Crippen LogP contribution is 2.13. The fourth-order valence-electron chi connectivity index (χ4n) is 1.60. The van der Waals surface area contributed by atoms with Crippen molar-refractivity contribution in [3.8, 4) is 0 Å². The van der Waals surface area contributed by atoms with Crippen molar-refractivity contribution in [1.82, 2.24) is 0 Å². The van der Waals surface area contributed by atoms with Gasteiger partial charge in [-0.3, -0.25) is 9.00 Å². The van der Waals surface area contributed by atoms with E-state index in [0.717, 1.165) is 18.4 Å². The first kappa shape index (κ1) is 13.9. The van der Waals surface area contributed by atoms with Gasteiger partial charge in [-0.2, -0.15) is 0 Å². The summed E-state index contributed by atoms with van der Waals surface area (Å²) >= 11 is 0. The molecular weight excluding hydrogens is 236 g/mol. The zero-order valence-electron chi connectivity index (χ0n) is 9.96. The molecule has 17 heavy (non-hydrogen) atoms. The van der Waals surface area contributed by atoms with Crippen LogP contribution in [0.3, 0.4) is 0 Å². The fourth-order valence-corrected chi connectivity index (χ4v) is 2.97. The van der Waals surface area contributed by atoms with E-state index < -0.39 is 22.0 Å². The average Bonchev–Trinajstić information content (AvgIpc) is 2.30. The van der Waals surface area contributed by atoms with E-state index in [2.05, 4.69) is 0 Å². The van der Waals surface area contributed by atoms with Gasteiger partial charge in [-0.25, -0.2) is 0 Å². The van der Waals surface area contributed by atoms with Gasteiger partial charge in [-0.05, 0) is 12.0 Å². The predicted molar refractivity (Wildman–Crippen MR) is 69.2 cm³/mol. The summed E-state index contributed by atoms with van der Waals surface area (Å²) in [7, 11) is -1.34. The Bertz CT molecular complexity index is 376. The number of rotatable bonds is 7. The van der Waals surface area contributed by atoms with E-state index in [9.17, 15) is 9.00 Å². The van der Waals surface area contributed by atoms with Gasteiger partial charge in [-0.15, -0.1) is 0 Å². The van der Waals surface area contributed by atoms with Crippen LogP contribution in [-0.4, -0.2) is 20.5 Å². The normalized spacial score (nSPS) is 14.2. The molecule has 0 amide bonds. The summed E-state index contributed by atoms with van der Waals surface area (Å²) in [6.45, 7) is 2.00. The number of aliphatic carboxylic acids is 1. The van der Waals surface area contributed by atoms with Gasteiger partial charge >= 0.3 is 5.97 Å². The quantitative estimate of drug-likeness (QED) is 0.813. The molecule has 1 aromatic rings.